The van der Waals surface area contributed by atoms with Crippen molar-refractivity contribution in [1.82, 2.24) is 0 Å². The zero-order valence-corrected chi connectivity index (χ0v) is 16.8. The molecule has 24 heavy (non-hydrogen) atoms. The van der Waals surface area contributed by atoms with Gasteiger partial charge in [-0.1, -0.05) is 12.1 Å². The molecule has 1 aliphatic rings. The molecule has 1 aliphatic heterocycles. The Kier molecular flexibility index (Phi) is 5.55. The van der Waals surface area contributed by atoms with Gasteiger partial charge in [0.15, 0.2) is 23.0 Å². The second kappa shape index (κ2) is 7.65. The molecule has 126 valence electrons. The van der Waals surface area contributed by atoms with Crippen molar-refractivity contribution in [2.75, 3.05) is 13.9 Å². The summed E-state index contributed by atoms with van der Waals surface area (Å²) in [5, 5.41) is 0. The largest absolute Gasteiger partial charge is 0.493 e. The van der Waals surface area contributed by atoms with Crippen LogP contribution in [0.15, 0.2) is 41.4 Å². The summed E-state index contributed by atoms with van der Waals surface area (Å²) in [5.41, 5.74) is 2.06. The van der Waals surface area contributed by atoms with E-state index in [0.717, 1.165) is 37.1 Å². The van der Waals surface area contributed by atoms with E-state index >= 15 is 0 Å². The first kappa shape index (κ1) is 17.4. The Bertz CT molecular complexity index is 776. The average molecular weight is 503 g/mol. The molecule has 0 radical (unpaired) electrons. The van der Waals surface area contributed by atoms with E-state index in [0.29, 0.717) is 18.1 Å². The van der Waals surface area contributed by atoms with E-state index in [4.69, 9.17) is 18.9 Å². The standard InChI is InChI=1S/C18H16BrIO4/c1-3-4-11-5-7-14(21-2)18(16(11)19)22-9-12-13(20)6-8-15-17(12)24-10-23-15/h3,5-8H,1,4,9-10H2,2H3. The van der Waals surface area contributed by atoms with Gasteiger partial charge in [-0.15, -0.1) is 6.58 Å². The Morgan fingerprint density at radius 3 is 2.88 bits per heavy atom. The summed E-state index contributed by atoms with van der Waals surface area (Å²) in [7, 11) is 1.63. The van der Waals surface area contributed by atoms with E-state index in [2.05, 4.69) is 45.1 Å². The minimum Gasteiger partial charge on any atom is -0.493 e. The molecule has 0 unspecified atom stereocenters. The van der Waals surface area contributed by atoms with Gasteiger partial charge in [0.1, 0.15) is 6.61 Å². The van der Waals surface area contributed by atoms with Gasteiger partial charge >= 0.3 is 0 Å². The van der Waals surface area contributed by atoms with Gasteiger partial charge in [-0.2, -0.15) is 0 Å². The number of hydrogen-bond donors (Lipinski definition) is 0. The quantitative estimate of drug-likeness (QED) is 0.407. The molecular weight excluding hydrogens is 487 g/mol. The fraction of sp³-hybridized carbons (Fsp3) is 0.222. The van der Waals surface area contributed by atoms with E-state index in [1.807, 2.05) is 30.3 Å². The van der Waals surface area contributed by atoms with Crippen LogP contribution in [0, 0.1) is 3.57 Å². The lowest BCUT2D eigenvalue weighted by molar-refractivity contribution is 0.171. The van der Waals surface area contributed by atoms with Crippen molar-refractivity contribution in [3.8, 4) is 23.0 Å². The molecule has 0 atom stereocenters. The van der Waals surface area contributed by atoms with Crippen molar-refractivity contribution in [2.45, 2.75) is 13.0 Å². The van der Waals surface area contributed by atoms with Crippen molar-refractivity contribution in [2.24, 2.45) is 0 Å². The zero-order valence-electron chi connectivity index (χ0n) is 13.1. The third-order valence-corrected chi connectivity index (χ3v) is 5.55. The van der Waals surface area contributed by atoms with Crippen LogP contribution in [0.4, 0.5) is 0 Å². The minimum absolute atomic E-state index is 0.240. The van der Waals surface area contributed by atoms with E-state index in [9.17, 15) is 0 Å². The Hall–Kier alpha value is -1.41. The molecule has 0 saturated heterocycles. The topological polar surface area (TPSA) is 36.9 Å². The minimum atomic E-state index is 0.240. The molecule has 0 spiro atoms. The second-order valence-electron chi connectivity index (χ2n) is 5.11. The number of allylic oxidation sites excluding steroid dienone is 1. The molecule has 0 amide bonds. The Morgan fingerprint density at radius 2 is 2.12 bits per heavy atom. The fourth-order valence-corrected chi connectivity index (χ4v) is 3.66. The van der Waals surface area contributed by atoms with Crippen molar-refractivity contribution in [3.63, 3.8) is 0 Å². The van der Waals surface area contributed by atoms with Crippen LogP contribution in [0.5, 0.6) is 23.0 Å². The highest BCUT2D eigenvalue weighted by atomic mass is 127. The zero-order chi connectivity index (χ0) is 17.1. The number of rotatable bonds is 6. The van der Waals surface area contributed by atoms with Gasteiger partial charge in [-0.25, -0.2) is 0 Å². The number of benzene rings is 2. The lowest BCUT2D eigenvalue weighted by Crippen LogP contribution is -2.03. The van der Waals surface area contributed by atoms with Crippen LogP contribution in [-0.2, 0) is 13.0 Å². The first-order valence-electron chi connectivity index (χ1n) is 7.31. The maximum Gasteiger partial charge on any atom is 0.231 e. The van der Waals surface area contributed by atoms with Gasteiger partial charge in [-0.05, 0) is 68.7 Å². The number of halogens is 2. The molecule has 0 fully saturated rings. The number of hydrogen-bond acceptors (Lipinski definition) is 4. The molecule has 0 N–H and O–H groups in total. The smallest absolute Gasteiger partial charge is 0.231 e. The summed E-state index contributed by atoms with van der Waals surface area (Å²) in [6.07, 6.45) is 2.60. The van der Waals surface area contributed by atoms with Crippen molar-refractivity contribution in [3.05, 3.63) is 56.1 Å². The van der Waals surface area contributed by atoms with Crippen LogP contribution in [0.1, 0.15) is 11.1 Å². The predicted molar refractivity (Wildman–Crippen MR) is 104 cm³/mol. The monoisotopic (exact) mass is 502 g/mol. The summed E-state index contributed by atoms with van der Waals surface area (Å²) in [5.74, 6) is 2.85. The third kappa shape index (κ3) is 3.35. The molecule has 0 aromatic heterocycles. The van der Waals surface area contributed by atoms with Crippen LogP contribution in [-0.4, -0.2) is 13.9 Å². The van der Waals surface area contributed by atoms with Crippen LogP contribution < -0.4 is 18.9 Å². The maximum atomic E-state index is 6.09. The Labute approximate surface area is 163 Å². The highest BCUT2D eigenvalue weighted by Gasteiger charge is 2.21. The predicted octanol–water partition coefficient (Wildman–Crippen LogP) is 5.10. The summed E-state index contributed by atoms with van der Waals surface area (Å²) < 4.78 is 24.5. The Balaban J connectivity index is 1.91. The molecule has 0 saturated carbocycles. The van der Waals surface area contributed by atoms with Gasteiger partial charge in [-0.3, -0.25) is 0 Å². The molecule has 1 heterocycles. The Morgan fingerprint density at radius 1 is 1.29 bits per heavy atom. The summed E-state index contributed by atoms with van der Waals surface area (Å²) in [6.45, 7) is 4.39. The number of methoxy groups -OCH3 is 1. The van der Waals surface area contributed by atoms with Gasteiger partial charge in [0.2, 0.25) is 6.79 Å². The van der Waals surface area contributed by atoms with Crippen molar-refractivity contribution in [1.29, 1.82) is 0 Å². The molecule has 2 aromatic carbocycles. The molecule has 3 rings (SSSR count). The van der Waals surface area contributed by atoms with Crippen LogP contribution in [0.3, 0.4) is 0 Å². The van der Waals surface area contributed by atoms with E-state index < -0.39 is 0 Å². The lowest BCUT2D eigenvalue weighted by atomic mass is 10.1. The summed E-state index contributed by atoms with van der Waals surface area (Å²) in [4.78, 5) is 0. The maximum absolute atomic E-state index is 6.09. The molecule has 0 bridgehead atoms. The average Bonchev–Trinajstić information content (AvgIpc) is 3.05. The van der Waals surface area contributed by atoms with Gasteiger partial charge < -0.3 is 18.9 Å². The van der Waals surface area contributed by atoms with E-state index in [1.165, 1.54) is 0 Å². The van der Waals surface area contributed by atoms with Crippen LogP contribution in [0.25, 0.3) is 0 Å². The molecule has 4 nitrogen and oxygen atoms in total. The third-order valence-electron chi connectivity index (χ3n) is 3.67. The van der Waals surface area contributed by atoms with E-state index in [1.54, 1.807) is 7.11 Å². The lowest BCUT2D eigenvalue weighted by Gasteiger charge is -2.16. The van der Waals surface area contributed by atoms with Crippen molar-refractivity contribution < 1.29 is 18.9 Å². The first-order chi connectivity index (χ1) is 11.7. The molecule has 0 aliphatic carbocycles. The van der Waals surface area contributed by atoms with Crippen molar-refractivity contribution >= 4 is 38.5 Å². The van der Waals surface area contributed by atoms with Gasteiger partial charge in [0.25, 0.3) is 0 Å². The summed E-state index contributed by atoms with van der Waals surface area (Å²) >= 11 is 5.89. The molecule has 6 heteroatoms. The number of fused-ring (bicyclic) bond motifs is 1. The fourth-order valence-electron chi connectivity index (χ4n) is 2.47. The normalized spacial score (nSPS) is 12.1. The van der Waals surface area contributed by atoms with Crippen LogP contribution >= 0.6 is 38.5 Å². The highest BCUT2D eigenvalue weighted by Crippen LogP contribution is 2.41. The van der Waals surface area contributed by atoms with E-state index in [-0.39, 0.29) is 6.79 Å². The highest BCUT2D eigenvalue weighted by molar-refractivity contribution is 14.1. The number of ether oxygens (including phenoxy) is 4. The molecular formula is C18H16BrIO4. The first-order valence-corrected chi connectivity index (χ1v) is 9.19. The van der Waals surface area contributed by atoms with Gasteiger partial charge in [0, 0.05) is 9.13 Å². The van der Waals surface area contributed by atoms with Crippen LogP contribution in [0.2, 0.25) is 0 Å². The summed E-state index contributed by atoms with van der Waals surface area (Å²) in [6, 6.07) is 7.80. The SMILES string of the molecule is C=CCc1ccc(OC)c(OCc2c(I)ccc3c2OCO3)c1Br. The van der Waals surface area contributed by atoms with Gasteiger partial charge in [0.05, 0.1) is 11.6 Å². The molecule has 2 aromatic rings. The second-order valence-corrected chi connectivity index (χ2v) is 7.07.